The van der Waals surface area contributed by atoms with E-state index in [2.05, 4.69) is 0 Å². The molecular formula is C18H20N2O3. The molecule has 2 aromatic rings. The zero-order valence-corrected chi connectivity index (χ0v) is 13.1. The summed E-state index contributed by atoms with van der Waals surface area (Å²) < 4.78 is 0. The van der Waals surface area contributed by atoms with E-state index in [1.807, 2.05) is 37.3 Å². The molecule has 0 radical (unpaired) electrons. The van der Waals surface area contributed by atoms with Crippen LogP contribution in [0.4, 0.5) is 5.69 Å². The number of para-hydroxylation sites is 1. The van der Waals surface area contributed by atoms with Gasteiger partial charge in [-0.25, -0.2) is 0 Å². The number of benzene rings is 2. The van der Waals surface area contributed by atoms with Gasteiger partial charge in [0.05, 0.1) is 11.3 Å². The second-order valence-corrected chi connectivity index (χ2v) is 5.36. The van der Waals surface area contributed by atoms with Gasteiger partial charge in [0.25, 0.3) is 5.69 Å². The molecule has 0 aliphatic carbocycles. The number of nitro benzene ring substituents is 1. The average molecular weight is 312 g/mol. The molecule has 0 unspecified atom stereocenters. The highest BCUT2D eigenvalue weighted by Gasteiger charge is 2.19. The first-order valence-electron chi connectivity index (χ1n) is 7.65. The van der Waals surface area contributed by atoms with E-state index in [-0.39, 0.29) is 18.0 Å². The van der Waals surface area contributed by atoms with Gasteiger partial charge in [-0.15, -0.1) is 0 Å². The van der Waals surface area contributed by atoms with Crippen molar-refractivity contribution in [3.05, 3.63) is 75.8 Å². The van der Waals surface area contributed by atoms with Crippen LogP contribution in [-0.4, -0.2) is 22.3 Å². The standard InChI is InChI=1S/C18H20N2O3/c1-2-12-19(14-15-8-4-3-5-9-15)18(21)13-16-10-6-7-11-17(16)20(22)23/h3-11H,2,12-14H2,1H3. The van der Waals surface area contributed by atoms with Crippen molar-refractivity contribution in [3.8, 4) is 0 Å². The summed E-state index contributed by atoms with van der Waals surface area (Å²) in [5, 5.41) is 11.1. The van der Waals surface area contributed by atoms with Gasteiger partial charge >= 0.3 is 0 Å². The van der Waals surface area contributed by atoms with Gasteiger partial charge in [0.1, 0.15) is 0 Å². The highest BCUT2D eigenvalue weighted by molar-refractivity contribution is 5.80. The molecule has 23 heavy (non-hydrogen) atoms. The molecule has 0 aliphatic rings. The largest absolute Gasteiger partial charge is 0.338 e. The Balaban J connectivity index is 2.14. The number of carbonyl (C=O) groups excluding carboxylic acids is 1. The minimum Gasteiger partial charge on any atom is -0.338 e. The number of rotatable bonds is 7. The van der Waals surface area contributed by atoms with Crippen LogP contribution < -0.4 is 0 Å². The number of carbonyl (C=O) groups is 1. The van der Waals surface area contributed by atoms with Crippen molar-refractivity contribution in [2.24, 2.45) is 0 Å². The lowest BCUT2D eigenvalue weighted by Crippen LogP contribution is -2.32. The Morgan fingerprint density at radius 1 is 1.09 bits per heavy atom. The lowest BCUT2D eigenvalue weighted by atomic mass is 10.1. The third kappa shape index (κ3) is 4.64. The summed E-state index contributed by atoms with van der Waals surface area (Å²) in [5.74, 6) is -0.0926. The fourth-order valence-corrected chi connectivity index (χ4v) is 2.48. The zero-order chi connectivity index (χ0) is 16.7. The molecule has 5 nitrogen and oxygen atoms in total. The van der Waals surface area contributed by atoms with Crippen LogP contribution in [0.5, 0.6) is 0 Å². The third-order valence-electron chi connectivity index (χ3n) is 3.59. The van der Waals surface area contributed by atoms with Crippen LogP contribution in [0, 0.1) is 10.1 Å². The molecule has 5 heteroatoms. The number of nitro groups is 1. The van der Waals surface area contributed by atoms with Gasteiger partial charge in [0, 0.05) is 24.7 Å². The zero-order valence-electron chi connectivity index (χ0n) is 13.1. The maximum Gasteiger partial charge on any atom is 0.273 e. The fraction of sp³-hybridized carbons (Fsp3) is 0.278. The molecule has 0 atom stereocenters. The van der Waals surface area contributed by atoms with E-state index in [1.54, 1.807) is 23.1 Å². The quantitative estimate of drug-likeness (QED) is 0.580. The summed E-state index contributed by atoms with van der Waals surface area (Å²) in [7, 11) is 0. The van der Waals surface area contributed by atoms with E-state index in [0.29, 0.717) is 18.7 Å². The Hall–Kier alpha value is -2.69. The molecule has 2 rings (SSSR count). The van der Waals surface area contributed by atoms with Crippen molar-refractivity contribution in [1.29, 1.82) is 0 Å². The smallest absolute Gasteiger partial charge is 0.273 e. The molecule has 0 N–H and O–H groups in total. The van der Waals surface area contributed by atoms with Crippen molar-refractivity contribution < 1.29 is 9.72 Å². The van der Waals surface area contributed by atoms with Crippen molar-refractivity contribution in [2.75, 3.05) is 6.54 Å². The minimum atomic E-state index is -0.441. The van der Waals surface area contributed by atoms with Gasteiger partial charge in [0.15, 0.2) is 0 Å². The monoisotopic (exact) mass is 312 g/mol. The van der Waals surface area contributed by atoms with Crippen LogP contribution >= 0.6 is 0 Å². The maximum absolute atomic E-state index is 12.6. The molecule has 0 aromatic heterocycles. The van der Waals surface area contributed by atoms with E-state index in [1.165, 1.54) is 6.07 Å². The van der Waals surface area contributed by atoms with E-state index < -0.39 is 4.92 Å². The third-order valence-corrected chi connectivity index (χ3v) is 3.59. The van der Waals surface area contributed by atoms with Gasteiger partial charge in [0.2, 0.25) is 5.91 Å². The summed E-state index contributed by atoms with van der Waals surface area (Å²) in [6.45, 7) is 3.17. The van der Waals surface area contributed by atoms with Gasteiger partial charge in [-0.3, -0.25) is 14.9 Å². The number of hydrogen-bond donors (Lipinski definition) is 0. The number of amides is 1. The Bertz CT molecular complexity index is 671. The highest BCUT2D eigenvalue weighted by atomic mass is 16.6. The Labute approximate surface area is 135 Å². The molecule has 0 saturated heterocycles. The summed E-state index contributed by atoms with van der Waals surface area (Å²) in [5.41, 5.74) is 1.51. The van der Waals surface area contributed by atoms with E-state index in [0.717, 1.165) is 12.0 Å². The van der Waals surface area contributed by atoms with E-state index in [9.17, 15) is 14.9 Å². The van der Waals surface area contributed by atoms with Crippen LogP contribution in [0.25, 0.3) is 0 Å². The number of nitrogens with zero attached hydrogens (tertiary/aromatic N) is 2. The summed E-state index contributed by atoms with van der Waals surface area (Å²) >= 11 is 0. The summed E-state index contributed by atoms with van der Waals surface area (Å²) in [6.07, 6.45) is 0.888. The van der Waals surface area contributed by atoms with Gasteiger partial charge in [-0.1, -0.05) is 55.5 Å². The average Bonchev–Trinajstić information content (AvgIpc) is 2.55. The second-order valence-electron chi connectivity index (χ2n) is 5.36. The Morgan fingerprint density at radius 2 is 1.74 bits per heavy atom. The number of hydrogen-bond acceptors (Lipinski definition) is 3. The van der Waals surface area contributed by atoms with Crippen LogP contribution in [0.1, 0.15) is 24.5 Å². The molecule has 0 heterocycles. The topological polar surface area (TPSA) is 63.5 Å². The first-order chi connectivity index (χ1) is 11.1. The lowest BCUT2D eigenvalue weighted by molar-refractivity contribution is -0.385. The summed E-state index contributed by atoms with van der Waals surface area (Å²) in [4.78, 5) is 25.0. The predicted octanol–water partition coefficient (Wildman–Crippen LogP) is 3.58. The van der Waals surface area contributed by atoms with Crippen LogP contribution in [0.3, 0.4) is 0 Å². The van der Waals surface area contributed by atoms with E-state index >= 15 is 0 Å². The molecule has 0 saturated carbocycles. The predicted molar refractivity (Wildman–Crippen MR) is 89.0 cm³/mol. The first kappa shape index (κ1) is 16.7. The second kappa shape index (κ2) is 8.08. The SMILES string of the molecule is CCCN(Cc1ccccc1)C(=O)Cc1ccccc1[N+](=O)[O-]. The summed E-state index contributed by atoms with van der Waals surface area (Å²) in [6, 6.07) is 16.2. The lowest BCUT2D eigenvalue weighted by Gasteiger charge is -2.22. The molecule has 0 fully saturated rings. The molecule has 0 bridgehead atoms. The fourth-order valence-electron chi connectivity index (χ4n) is 2.48. The molecule has 0 aliphatic heterocycles. The van der Waals surface area contributed by atoms with Crippen LogP contribution in [0.2, 0.25) is 0 Å². The van der Waals surface area contributed by atoms with Crippen molar-refractivity contribution in [3.63, 3.8) is 0 Å². The molecule has 1 amide bonds. The van der Waals surface area contributed by atoms with Gasteiger partial charge in [-0.2, -0.15) is 0 Å². The van der Waals surface area contributed by atoms with Crippen molar-refractivity contribution >= 4 is 11.6 Å². The van der Waals surface area contributed by atoms with Crippen LogP contribution in [-0.2, 0) is 17.8 Å². The molecular weight excluding hydrogens is 292 g/mol. The van der Waals surface area contributed by atoms with Gasteiger partial charge < -0.3 is 4.90 Å². The highest BCUT2D eigenvalue weighted by Crippen LogP contribution is 2.19. The Morgan fingerprint density at radius 3 is 2.39 bits per heavy atom. The molecule has 0 spiro atoms. The minimum absolute atomic E-state index is 0.00277. The van der Waals surface area contributed by atoms with Gasteiger partial charge in [-0.05, 0) is 12.0 Å². The molecule has 120 valence electrons. The van der Waals surface area contributed by atoms with Crippen molar-refractivity contribution in [2.45, 2.75) is 26.3 Å². The Kier molecular flexibility index (Phi) is 5.86. The molecule has 2 aromatic carbocycles. The van der Waals surface area contributed by atoms with E-state index in [4.69, 9.17) is 0 Å². The first-order valence-corrected chi connectivity index (χ1v) is 7.65. The maximum atomic E-state index is 12.6. The van der Waals surface area contributed by atoms with Crippen LogP contribution in [0.15, 0.2) is 54.6 Å². The normalized spacial score (nSPS) is 10.3. The van der Waals surface area contributed by atoms with Crippen molar-refractivity contribution in [1.82, 2.24) is 4.90 Å².